The number of benzene rings is 1. The molecule has 8 heteroatoms. The average Bonchev–Trinajstić information content (AvgIpc) is 2.38. The summed E-state index contributed by atoms with van der Waals surface area (Å²) in [5.74, 6) is -1.21. The number of carboxylic acid groups (broad SMARTS) is 1. The third kappa shape index (κ3) is 3.54. The van der Waals surface area contributed by atoms with E-state index in [9.17, 15) is 13.2 Å². The van der Waals surface area contributed by atoms with Crippen LogP contribution in [0.15, 0.2) is 23.1 Å². The molecule has 0 fully saturated rings. The standard InChI is InChI=1S/C12H17NO6S/c1-9-2-3-10(8-11(9)12(16)17)20(18,19)13(4-6-14)5-7-15/h2-3,8,14-15H,4-7H2,1H3,(H,16,17). The van der Waals surface area contributed by atoms with Gasteiger partial charge in [0.2, 0.25) is 10.0 Å². The Bertz CT molecular complexity index is 578. The first-order chi connectivity index (χ1) is 9.34. The Balaban J connectivity index is 3.26. The molecule has 1 aromatic carbocycles. The lowest BCUT2D eigenvalue weighted by Crippen LogP contribution is -2.36. The van der Waals surface area contributed by atoms with Crippen molar-refractivity contribution < 1.29 is 28.5 Å². The van der Waals surface area contributed by atoms with Crippen molar-refractivity contribution in [2.75, 3.05) is 26.3 Å². The maximum Gasteiger partial charge on any atom is 0.335 e. The molecular weight excluding hydrogens is 286 g/mol. The minimum atomic E-state index is -3.95. The molecule has 1 aromatic rings. The molecule has 0 atom stereocenters. The molecule has 0 spiro atoms. The summed E-state index contributed by atoms with van der Waals surface area (Å²) < 4.78 is 25.5. The van der Waals surface area contributed by atoms with E-state index < -0.39 is 29.2 Å². The number of hydrogen-bond acceptors (Lipinski definition) is 5. The van der Waals surface area contributed by atoms with Gasteiger partial charge in [0.15, 0.2) is 0 Å². The molecule has 0 saturated carbocycles. The van der Waals surface area contributed by atoms with Crippen LogP contribution in [0.2, 0.25) is 0 Å². The highest BCUT2D eigenvalue weighted by Crippen LogP contribution is 2.19. The third-order valence-corrected chi connectivity index (χ3v) is 4.67. The zero-order valence-electron chi connectivity index (χ0n) is 11.0. The van der Waals surface area contributed by atoms with Gasteiger partial charge in [-0.2, -0.15) is 4.31 Å². The molecule has 3 N–H and O–H groups in total. The van der Waals surface area contributed by atoms with E-state index in [-0.39, 0.29) is 23.5 Å². The summed E-state index contributed by atoms with van der Waals surface area (Å²) in [6.45, 7) is 0.450. The minimum absolute atomic E-state index is 0.0981. The van der Waals surface area contributed by atoms with Crippen molar-refractivity contribution >= 4 is 16.0 Å². The lowest BCUT2D eigenvalue weighted by atomic mass is 10.1. The highest BCUT2D eigenvalue weighted by Gasteiger charge is 2.25. The van der Waals surface area contributed by atoms with E-state index >= 15 is 0 Å². The number of sulfonamides is 1. The van der Waals surface area contributed by atoms with Gasteiger partial charge >= 0.3 is 5.97 Å². The van der Waals surface area contributed by atoms with Gasteiger partial charge < -0.3 is 15.3 Å². The van der Waals surface area contributed by atoms with Gasteiger partial charge in [0.25, 0.3) is 0 Å². The van der Waals surface area contributed by atoms with Crippen LogP contribution in [0.1, 0.15) is 15.9 Å². The summed E-state index contributed by atoms with van der Waals surface area (Å²) in [5, 5.41) is 26.8. The van der Waals surface area contributed by atoms with E-state index in [0.29, 0.717) is 5.56 Å². The summed E-state index contributed by atoms with van der Waals surface area (Å²) in [5.41, 5.74) is 0.353. The second kappa shape index (κ2) is 6.80. The van der Waals surface area contributed by atoms with Crippen molar-refractivity contribution in [1.29, 1.82) is 0 Å². The number of carboxylic acids is 1. The van der Waals surface area contributed by atoms with Gasteiger partial charge in [0, 0.05) is 13.1 Å². The van der Waals surface area contributed by atoms with Crippen LogP contribution in [0.4, 0.5) is 0 Å². The number of hydrogen-bond donors (Lipinski definition) is 3. The van der Waals surface area contributed by atoms with Crippen LogP contribution >= 0.6 is 0 Å². The lowest BCUT2D eigenvalue weighted by Gasteiger charge is -2.20. The van der Waals surface area contributed by atoms with Crippen molar-refractivity contribution in [3.05, 3.63) is 29.3 Å². The zero-order valence-corrected chi connectivity index (χ0v) is 11.8. The monoisotopic (exact) mass is 303 g/mol. The Labute approximate surface area is 117 Å². The fourth-order valence-electron chi connectivity index (χ4n) is 1.72. The summed E-state index contributed by atoms with van der Waals surface area (Å²) in [4.78, 5) is 10.9. The lowest BCUT2D eigenvalue weighted by molar-refractivity contribution is 0.0696. The second-order valence-electron chi connectivity index (χ2n) is 4.13. The molecular formula is C12H17NO6S. The van der Waals surface area contributed by atoms with Gasteiger partial charge in [-0.1, -0.05) is 6.07 Å². The Morgan fingerprint density at radius 3 is 2.20 bits per heavy atom. The number of aliphatic hydroxyl groups is 2. The zero-order chi connectivity index (χ0) is 15.3. The van der Waals surface area contributed by atoms with Crippen molar-refractivity contribution in [2.45, 2.75) is 11.8 Å². The summed E-state index contributed by atoms with van der Waals surface area (Å²) in [6.07, 6.45) is 0. The first kappa shape index (κ1) is 16.6. The highest BCUT2D eigenvalue weighted by molar-refractivity contribution is 7.89. The second-order valence-corrected chi connectivity index (χ2v) is 6.07. The number of nitrogens with zero attached hydrogens (tertiary/aromatic N) is 1. The number of aromatic carboxylic acids is 1. The number of rotatable bonds is 7. The van der Waals surface area contributed by atoms with E-state index in [4.69, 9.17) is 15.3 Å². The van der Waals surface area contributed by atoms with Gasteiger partial charge in [-0.25, -0.2) is 13.2 Å². The van der Waals surface area contributed by atoms with Crippen LogP contribution in [0, 0.1) is 6.92 Å². The van der Waals surface area contributed by atoms with Crippen LogP contribution in [0.5, 0.6) is 0 Å². The first-order valence-electron chi connectivity index (χ1n) is 5.90. The van der Waals surface area contributed by atoms with E-state index in [1.165, 1.54) is 12.1 Å². The smallest absolute Gasteiger partial charge is 0.335 e. The SMILES string of the molecule is Cc1ccc(S(=O)(=O)N(CCO)CCO)cc1C(=O)O. The molecule has 0 unspecified atom stereocenters. The van der Waals surface area contributed by atoms with Gasteiger partial charge in [0.05, 0.1) is 23.7 Å². The van der Waals surface area contributed by atoms with E-state index in [1.807, 2.05) is 0 Å². The molecule has 20 heavy (non-hydrogen) atoms. The van der Waals surface area contributed by atoms with Crippen LogP contribution in [-0.4, -0.2) is 60.3 Å². The van der Waals surface area contributed by atoms with Gasteiger partial charge in [-0.15, -0.1) is 0 Å². The summed E-state index contributed by atoms with van der Waals surface area (Å²) >= 11 is 0. The van der Waals surface area contributed by atoms with E-state index in [0.717, 1.165) is 10.4 Å². The Kier molecular flexibility index (Phi) is 5.63. The fraction of sp³-hybridized carbons (Fsp3) is 0.417. The minimum Gasteiger partial charge on any atom is -0.478 e. The number of carbonyl (C=O) groups is 1. The Hall–Kier alpha value is -1.48. The quantitative estimate of drug-likeness (QED) is 0.635. The molecule has 0 aliphatic rings. The van der Waals surface area contributed by atoms with Gasteiger partial charge in [-0.3, -0.25) is 0 Å². The van der Waals surface area contributed by atoms with Crippen molar-refractivity contribution in [3.63, 3.8) is 0 Å². The molecule has 0 aliphatic carbocycles. The molecule has 0 amide bonds. The fourth-order valence-corrected chi connectivity index (χ4v) is 3.17. The molecule has 0 bridgehead atoms. The van der Waals surface area contributed by atoms with Crippen LogP contribution in [0.25, 0.3) is 0 Å². The van der Waals surface area contributed by atoms with Crippen molar-refractivity contribution in [1.82, 2.24) is 4.31 Å². The van der Waals surface area contributed by atoms with Crippen LogP contribution in [-0.2, 0) is 10.0 Å². The molecule has 7 nitrogen and oxygen atoms in total. The third-order valence-electron chi connectivity index (χ3n) is 2.78. The number of aliphatic hydroxyl groups excluding tert-OH is 2. The highest BCUT2D eigenvalue weighted by atomic mass is 32.2. The summed E-state index contributed by atoms with van der Waals surface area (Å²) in [7, 11) is -3.95. The maximum atomic E-state index is 12.3. The molecule has 0 aromatic heterocycles. The first-order valence-corrected chi connectivity index (χ1v) is 7.34. The van der Waals surface area contributed by atoms with Crippen LogP contribution in [0.3, 0.4) is 0 Å². The van der Waals surface area contributed by atoms with Crippen LogP contribution < -0.4 is 0 Å². The molecule has 0 aliphatic heterocycles. The maximum absolute atomic E-state index is 12.3. The average molecular weight is 303 g/mol. The number of aryl methyl sites for hydroxylation is 1. The Morgan fingerprint density at radius 1 is 1.20 bits per heavy atom. The van der Waals surface area contributed by atoms with Crippen molar-refractivity contribution in [2.24, 2.45) is 0 Å². The molecule has 0 radical (unpaired) electrons. The largest absolute Gasteiger partial charge is 0.478 e. The van der Waals surface area contributed by atoms with Crippen molar-refractivity contribution in [3.8, 4) is 0 Å². The molecule has 0 saturated heterocycles. The predicted octanol–water partition coefficient (Wildman–Crippen LogP) is -0.331. The van der Waals surface area contributed by atoms with Gasteiger partial charge in [0.1, 0.15) is 0 Å². The molecule has 0 heterocycles. The van der Waals surface area contributed by atoms with E-state index in [1.54, 1.807) is 6.92 Å². The molecule has 112 valence electrons. The normalized spacial score (nSPS) is 11.8. The molecule has 1 rings (SSSR count). The topological polar surface area (TPSA) is 115 Å². The van der Waals surface area contributed by atoms with Gasteiger partial charge in [-0.05, 0) is 24.6 Å². The summed E-state index contributed by atoms with van der Waals surface area (Å²) in [6, 6.07) is 3.79. The predicted molar refractivity (Wildman–Crippen MR) is 71.1 cm³/mol. The van der Waals surface area contributed by atoms with E-state index in [2.05, 4.69) is 0 Å². The Morgan fingerprint density at radius 2 is 1.75 bits per heavy atom.